The van der Waals surface area contributed by atoms with Gasteiger partial charge in [-0.15, -0.1) is 0 Å². The van der Waals surface area contributed by atoms with Gasteiger partial charge in [-0.1, -0.05) is 69.3 Å². The summed E-state index contributed by atoms with van der Waals surface area (Å²) in [7, 11) is -1.05. The fourth-order valence-corrected chi connectivity index (χ4v) is 6.29. The first-order valence-electron chi connectivity index (χ1n) is 14.5. The third-order valence-electron chi connectivity index (χ3n) is 8.42. The van der Waals surface area contributed by atoms with Gasteiger partial charge in [0, 0.05) is 12.0 Å². The summed E-state index contributed by atoms with van der Waals surface area (Å²) in [6.45, 7) is 10.9. The quantitative estimate of drug-likeness (QED) is 0.181. The summed E-state index contributed by atoms with van der Waals surface area (Å²) in [6.07, 6.45) is 1.88. The van der Waals surface area contributed by atoms with E-state index in [0.29, 0.717) is 23.1 Å². The first-order valence-corrected chi connectivity index (χ1v) is 17.5. The molecule has 44 heavy (non-hydrogen) atoms. The second-order valence-electron chi connectivity index (χ2n) is 12.4. The second-order valence-corrected chi connectivity index (χ2v) is 17.2. The molecule has 12 heteroatoms. The maximum atomic E-state index is 13.6. The molecule has 0 aliphatic carbocycles. The first kappa shape index (κ1) is 31.5. The van der Waals surface area contributed by atoms with Gasteiger partial charge in [-0.3, -0.25) is 9.36 Å². The van der Waals surface area contributed by atoms with Crippen LogP contribution in [0.4, 0.5) is 5.82 Å². The van der Waals surface area contributed by atoms with Gasteiger partial charge in [-0.05, 0) is 35.8 Å². The summed E-state index contributed by atoms with van der Waals surface area (Å²) in [5.41, 5.74) is 0.731. The van der Waals surface area contributed by atoms with Crippen molar-refractivity contribution < 1.29 is 28.2 Å². The van der Waals surface area contributed by atoms with Crippen LogP contribution < -0.4 is 5.32 Å². The summed E-state index contributed by atoms with van der Waals surface area (Å²) in [6, 6.07) is 18.6. The minimum Gasteiger partial charge on any atom is -0.467 e. The molecule has 1 fully saturated rings. The van der Waals surface area contributed by atoms with Crippen LogP contribution in [0.2, 0.25) is 18.1 Å². The molecule has 0 saturated carbocycles. The number of fused-ring (bicyclic) bond motifs is 1. The molecule has 0 spiro atoms. The highest BCUT2D eigenvalue weighted by Crippen LogP contribution is 2.46. The molecule has 4 aromatic rings. The summed E-state index contributed by atoms with van der Waals surface area (Å²) >= 11 is 0. The number of carbonyl (C=O) groups excluding carboxylic acids is 2. The number of rotatable bonds is 10. The predicted molar refractivity (Wildman–Crippen MR) is 167 cm³/mol. The van der Waals surface area contributed by atoms with Gasteiger partial charge in [0.15, 0.2) is 25.3 Å². The minimum atomic E-state index is -2.39. The number of methoxy groups -OCH3 is 1. The number of carbonyl (C=O) groups is 2. The van der Waals surface area contributed by atoms with Crippen LogP contribution in [-0.2, 0) is 30.0 Å². The van der Waals surface area contributed by atoms with Crippen molar-refractivity contribution in [3.63, 3.8) is 0 Å². The lowest BCUT2D eigenvalue weighted by molar-refractivity contribution is -0.191. The Kier molecular flexibility index (Phi) is 8.98. The van der Waals surface area contributed by atoms with Gasteiger partial charge in [0.25, 0.3) is 5.91 Å². The topological polar surface area (TPSA) is 127 Å². The third kappa shape index (κ3) is 6.29. The maximum absolute atomic E-state index is 13.6. The minimum absolute atomic E-state index is 0.0790. The van der Waals surface area contributed by atoms with E-state index >= 15 is 0 Å². The number of amides is 1. The van der Waals surface area contributed by atoms with Crippen molar-refractivity contribution >= 4 is 37.2 Å². The number of nitrogens with one attached hydrogen (secondary N) is 1. The van der Waals surface area contributed by atoms with Crippen molar-refractivity contribution in [1.82, 2.24) is 19.5 Å². The molecular weight excluding hydrogens is 578 g/mol. The Morgan fingerprint density at radius 1 is 1.05 bits per heavy atom. The molecule has 1 aliphatic heterocycles. The Bertz CT molecular complexity index is 1610. The molecule has 1 aliphatic rings. The van der Waals surface area contributed by atoms with Crippen molar-refractivity contribution in [1.29, 1.82) is 0 Å². The summed E-state index contributed by atoms with van der Waals surface area (Å²) in [4.78, 5) is 39.7. The molecule has 3 atom stereocenters. The van der Waals surface area contributed by atoms with E-state index in [-0.39, 0.29) is 30.0 Å². The lowest BCUT2D eigenvalue weighted by Gasteiger charge is -2.41. The SMILES string of the molecule is COC(=O)[C@]1(COCc2ccccc2)O[C@H](n2cnc3c(NC(=O)c4ccccc4)ncnc32)C[C@@H]1O[Si](C)(C)C(C)(C)C. The number of hydrogen-bond donors (Lipinski definition) is 1. The van der Waals surface area contributed by atoms with Gasteiger partial charge in [0.2, 0.25) is 5.60 Å². The number of imidazole rings is 1. The van der Waals surface area contributed by atoms with E-state index in [2.05, 4.69) is 54.1 Å². The fourth-order valence-electron chi connectivity index (χ4n) is 4.94. The van der Waals surface area contributed by atoms with Crippen molar-refractivity contribution in [2.45, 2.75) is 69.9 Å². The van der Waals surface area contributed by atoms with E-state index < -0.39 is 32.2 Å². The second kappa shape index (κ2) is 12.6. The van der Waals surface area contributed by atoms with Gasteiger partial charge < -0.3 is 24.0 Å². The molecule has 1 saturated heterocycles. The lowest BCUT2D eigenvalue weighted by atomic mass is 9.97. The number of hydrogen-bond acceptors (Lipinski definition) is 9. The van der Waals surface area contributed by atoms with Crippen molar-refractivity contribution in [2.75, 3.05) is 19.0 Å². The highest BCUT2D eigenvalue weighted by atomic mass is 28.4. The Morgan fingerprint density at radius 3 is 2.39 bits per heavy atom. The monoisotopic (exact) mass is 617 g/mol. The molecule has 232 valence electrons. The highest BCUT2D eigenvalue weighted by Gasteiger charge is 2.59. The summed E-state index contributed by atoms with van der Waals surface area (Å²) < 4.78 is 26.7. The molecule has 11 nitrogen and oxygen atoms in total. The smallest absolute Gasteiger partial charge is 0.343 e. The van der Waals surface area contributed by atoms with Gasteiger partial charge in [0.1, 0.15) is 12.6 Å². The van der Waals surface area contributed by atoms with E-state index in [0.717, 1.165) is 5.56 Å². The van der Waals surface area contributed by atoms with E-state index in [1.807, 2.05) is 36.4 Å². The predicted octanol–water partition coefficient (Wildman–Crippen LogP) is 5.52. The summed E-state index contributed by atoms with van der Waals surface area (Å²) in [5, 5.41) is 2.70. The molecule has 2 aromatic carbocycles. The van der Waals surface area contributed by atoms with Gasteiger partial charge in [-0.2, -0.15) is 0 Å². The fraction of sp³-hybridized carbons (Fsp3) is 0.406. The number of benzene rings is 2. The molecule has 5 rings (SSSR count). The average molecular weight is 618 g/mol. The standard InChI is InChI=1S/C32H39N5O6Si/c1-31(2,3)44(5,6)43-24-17-25(42-32(24,30(39)40-4)19-41-18-22-13-9-7-10-14-22)37-21-35-26-27(33-20-34-28(26)37)36-29(38)23-15-11-8-12-16-23/h7-16,20-21,24-25H,17-19H2,1-6H3,(H,33,34,36,38)/t24-,25-,32+/m0/s1. The molecule has 1 N–H and O–H groups in total. The zero-order valence-electron chi connectivity index (χ0n) is 25.9. The van der Waals surface area contributed by atoms with Gasteiger partial charge in [-0.25, -0.2) is 19.7 Å². The average Bonchev–Trinajstić information content (AvgIpc) is 3.59. The van der Waals surface area contributed by atoms with Crippen LogP contribution in [0, 0.1) is 0 Å². The number of ether oxygens (including phenoxy) is 3. The van der Waals surface area contributed by atoms with E-state index in [1.165, 1.54) is 13.4 Å². The van der Waals surface area contributed by atoms with Crippen molar-refractivity contribution in [3.05, 3.63) is 84.4 Å². The number of nitrogens with zero attached hydrogens (tertiary/aromatic N) is 4. The number of aromatic nitrogens is 4. The maximum Gasteiger partial charge on any atom is 0.343 e. The first-order chi connectivity index (χ1) is 20.9. The molecular formula is C32H39N5O6Si. The molecule has 0 bridgehead atoms. The zero-order valence-corrected chi connectivity index (χ0v) is 26.9. The van der Waals surface area contributed by atoms with Crippen LogP contribution in [0.1, 0.15) is 49.3 Å². The molecule has 0 unspecified atom stereocenters. The van der Waals surface area contributed by atoms with E-state index in [4.69, 9.17) is 18.6 Å². The van der Waals surface area contributed by atoms with Crippen LogP contribution in [0.15, 0.2) is 73.3 Å². The van der Waals surface area contributed by atoms with Crippen LogP contribution in [0.5, 0.6) is 0 Å². The summed E-state index contributed by atoms with van der Waals surface area (Å²) in [5.74, 6) is -0.632. The molecule has 1 amide bonds. The van der Waals surface area contributed by atoms with Crippen LogP contribution in [0.25, 0.3) is 11.2 Å². The molecule has 2 aromatic heterocycles. The van der Waals surface area contributed by atoms with Gasteiger partial charge in [0.05, 0.1) is 32.8 Å². The highest BCUT2D eigenvalue weighted by molar-refractivity contribution is 6.74. The molecule has 0 radical (unpaired) electrons. The van der Waals surface area contributed by atoms with Gasteiger partial charge >= 0.3 is 5.97 Å². The van der Waals surface area contributed by atoms with Crippen LogP contribution in [0.3, 0.4) is 0 Å². The number of anilines is 1. The normalized spacial score (nSPS) is 20.5. The van der Waals surface area contributed by atoms with Crippen molar-refractivity contribution in [2.24, 2.45) is 0 Å². The Hall–Kier alpha value is -3.97. The number of esters is 1. The third-order valence-corrected chi connectivity index (χ3v) is 12.9. The van der Waals surface area contributed by atoms with Crippen LogP contribution in [-0.4, -0.2) is 65.1 Å². The Morgan fingerprint density at radius 2 is 1.73 bits per heavy atom. The van der Waals surface area contributed by atoms with E-state index in [9.17, 15) is 9.59 Å². The Balaban J connectivity index is 1.48. The zero-order chi connectivity index (χ0) is 31.5. The lowest BCUT2D eigenvalue weighted by Crippen LogP contribution is -2.57. The Labute approximate surface area is 258 Å². The van der Waals surface area contributed by atoms with Crippen LogP contribution >= 0.6 is 0 Å². The van der Waals surface area contributed by atoms with E-state index in [1.54, 1.807) is 35.2 Å². The molecule has 3 heterocycles. The largest absolute Gasteiger partial charge is 0.467 e. The van der Waals surface area contributed by atoms with Crippen molar-refractivity contribution in [3.8, 4) is 0 Å².